The number of benzene rings is 2. The molecule has 0 saturated carbocycles. The van der Waals surface area contributed by atoms with Crippen LogP contribution in [0.15, 0.2) is 36.4 Å². The van der Waals surface area contributed by atoms with Gasteiger partial charge in [-0.1, -0.05) is 35.3 Å². The number of hydrogen-bond acceptors (Lipinski definition) is 3. The summed E-state index contributed by atoms with van der Waals surface area (Å²) in [5.74, 6) is 0.608. The molecule has 0 saturated heterocycles. The van der Waals surface area contributed by atoms with Crippen molar-refractivity contribution in [2.24, 2.45) is 0 Å². The molecule has 100 valence electrons. The molecule has 5 heteroatoms. The van der Waals surface area contributed by atoms with Crippen molar-refractivity contribution in [1.82, 2.24) is 0 Å². The molecule has 2 aromatic rings. The van der Waals surface area contributed by atoms with E-state index in [1.807, 2.05) is 12.1 Å². The van der Waals surface area contributed by atoms with Crippen LogP contribution in [0.2, 0.25) is 10.0 Å². The van der Waals surface area contributed by atoms with Crippen LogP contribution in [0.3, 0.4) is 0 Å². The van der Waals surface area contributed by atoms with Crippen LogP contribution in [0, 0.1) is 11.3 Å². The molecule has 1 unspecified atom stereocenters. The Hall–Kier alpha value is -1.89. The van der Waals surface area contributed by atoms with Gasteiger partial charge in [0.1, 0.15) is 6.10 Å². The van der Waals surface area contributed by atoms with Crippen molar-refractivity contribution in [3.05, 3.63) is 57.6 Å². The topological polar surface area (TPSA) is 45.0 Å². The van der Waals surface area contributed by atoms with Crippen LogP contribution in [-0.4, -0.2) is 6.54 Å². The van der Waals surface area contributed by atoms with Crippen LogP contribution in [-0.2, 0) is 0 Å². The van der Waals surface area contributed by atoms with Crippen LogP contribution in [0.1, 0.15) is 17.2 Å². The van der Waals surface area contributed by atoms with Gasteiger partial charge < -0.3 is 10.1 Å². The van der Waals surface area contributed by atoms with Gasteiger partial charge in [-0.2, -0.15) is 5.26 Å². The van der Waals surface area contributed by atoms with Gasteiger partial charge in [-0.15, -0.1) is 0 Å². The van der Waals surface area contributed by atoms with E-state index in [4.69, 9.17) is 33.2 Å². The Bertz CT molecular complexity index is 692. The molecule has 0 bridgehead atoms. The van der Waals surface area contributed by atoms with Gasteiger partial charge in [0.15, 0.2) is 5.75 Å². The Morgan fingerprint density at radius 3 is 2.65 bits per heavy atom. The summed E-state index contributed by atoms with van der Waals surface area (Å²) in [6.07, 6.45) is -0.145. The Morgan fingerprint density at radius 1 is 1.20 bits per heavy atom. The van der Waals surface area contributed by atoms with Crippen molar-refractivity contribution in [3.8, 4) is 11.8 Å². The summed E-state index contributed by atoms with van der Waals surface area (Å²) in [4.78, 5) is 0. The van der Waals surface area contributed by atoms with Crippen LogP contribution in [0.4, 0.5) is 5.69 Å². The normalized spacial score (nSPS) is 16.6. The highest BCUT2D eigenvalue weighted by Crippen LogP contribution is 2.41. The SMILES string of the molecule is N#Cc1ccc(C2CNc3cc(Cl)cc(Cl)c3O2)cc1. The fourth-order valence-corrected chi connectivity index (χ4v) is 2.69. The van der Waals surface area contributed by atoms with Crippen LogP contribution in [0.5, 0.6) is 5.75 Å². The minimum atomic E-state index is -0.145. The number of rotatable bonds is 1. The summed E-state index contributed by atoms with van der Waals surface area (Å²) in [5, 5.41) is 13.1. The van der Waals surface area contributed by atoms with Gasteiger partial charge in [0.25, 0.3) is 0 Å². The van der Waals surface area contributed by atoms with E-state index in [1.165, 1.54) is 0 Å². The molecule has 3 rings (SSSR count). The lowest BCUT2D eigenvalue weighted by molar-refractivity contribution is 0.210. The second kappa shape index (κ2) is 5.24. The number of nitrogens with zero attached hydrogens (tertiary/aromatic N) is 1. The molecular formula is C15H10Cl2N2O. The van der Waals surface area contributed by atoms with E-state index in [1.54, 1.807) is 24.3 Å². The van der Waals surface area contributed by atoms with E-state index in [0.717, 1.165) is 11.3 Å². The number of anilines is 1. The molecule has 1 N–H and O–H groups in total. The summed E-state index contributed by atoms with van der Waals surface area (Å²) >= 11 is 12.1. The van der Waals surface area contributed by atoms with E-state index in [-0.39, 0.29) is 6.10 Å². The maximum absolute atomic E-state index is 8.81. The van der Waals surface area contributed by atoms with Gasteiger partial charge in [-0.05, 0) is 29.8 Å². The first kappa shape index (κ1) is 13.1. The molecule has 1 atom stereocenters. The molecule has 1 aliphatic heterocycles. The molecule has 0 amide bonds. The fourth-order valence-electron chi connectivity index (χ4n) is 2.16. The summed E-state index contributed by atoms with van der Waals surface area (Å²) in [5.41, 5.74) is 2.42. The molecular weight excluding hydrogens is 295 g/mol. The molecule has 0 radical (unpaired) electrons. The molecule has 3 nitrogen and oxygen atoms in total. The molecule has 0 aliphatic carbocycles. The molecule has 1 aliphatic rings. The Balaban J connectivity index is 1.90. The zero-order valence-corrected chi connectivity index (χ0v) is 11.9. The van der Waals surface area contributed by atoms with Crippen molar-refractivity contribution >= 4 is 28.9 Å². The van der Waals surface area contributed by atoms with Gasteiger partial charge in [0.05, 0.1) is 28.9 Å². The number of halogens is 2. The van der Waals surface area contributed by atoms with Crippen LogP contribution in [0.25, 0.3) is 0 Å². The van der Waals surface area contributed by atoms with Crippen LogP contribution < -0.4 is 10.1 Å². The zero-order chi connectivity index (χ0) is 14.1. The van der Waals surface area contributed by atoms with E-state index in [9.17, 15) is 0 Å². The summed E-state index contributed by atoms with van der Waals surface area (Å²) in [6, 6.07) is 12.9. The summed E-state index contributed by atoms with van der Waals surface area (Å²) in [7, 11) is 0. The lowest BCUT2D eigenvalue weighted by atomic mass is 10.1. The second-order valence-corrected chi connectivity index (χ2v) is 5.33. The maximum atomic E-state index is 8.81. The van der Waals surface area contributed by atoms with E-state index < -0.39 is 0 Å². The number of nitrogens with one attached hydrogen (secondary N) is 1. The third kappa shape index (κ3) is 2.40. The standard InChI is InChI=1S/C15H10Cl2N2O/c16-11-5-12(17)15-13(6-11)19-8-14(20-15)10-3-1-9(7-18)2-4-10/h1-6,14,19H,8H2. The van der Waals surface area contributed by atoms with Crippen LogP contribution >= 0.6 is 23.2 Å². The van der Waals surface area contributed by atoms with Crippen molar-refractivity contribution in [3.63, 3.8) is 0 Å². The number of fused-ring (bicyclic) bond motifs is 1. The van der Waals surface area contributed by atoms with E-state index in [0.29, 0.717) is 27.9 Å². The first-order chi connectivity index (χ1) is 9.67. The van der Waals surface area contributed by atoms with E-state index >= 15 is 0 Å². The van der Waals surface area contributed by atoms with Gasteiger partial charge >= 0.3 is 0 Å². The minimum Gasteiger partial charge on any atom is -0.480 e. The second-order valence-electron chi connectivity index (χ2n) is 4.49. The first-order valence-electron chi connectivity index (χ1n) is 6.07. The van der Waals surface area contributed by atoms with Gasteiger partial charge in [-0.25, -0.2) is 0 Å². The monoisotopic (exact) mass is 304 g/mol. The predicted octanol–water partition coefficient (Wildman–Crippen LogP) is 4.41. The van der Waals surface area contributed by atoms with Gasteiger partial charge in [-0.3, -0.25) is 0 Å². The average molecular weight is 305 g/mol. The van der Waals surface area contributed by atoms with Crippen molar-refractivity contribution in [2.45, 2.75) is 6.10 Å². The average Bonchev–Trinajstić information content (AvgIpc) is 2.47. The van der Waals surface area contributed by atoms with Crippen molar-refractivity contribution < 1.29 is 4.74 Å². The highest BCUT2D eigenvalue weighted by molar-refractivity contribution is 6.36. The summed E-state index contributed by atoms with van der Waals surface area (Å²) < 4.78 is 5.94. The predicted molar refractivity (Wildman–Crippen MR) is 79.5 cm³/mol. The molecule has 2 aromatic carbocycles. The Morgan fingerprint density at radius 2 is 1.95 bits per heavy atom. The molecule has 0 spiro atoms. The van der Waals surface area contributed by atoms with Crippen molar-refractivity contribution in [1.29, 1.82) is 5.26 Å². The molecule has 0 aromatic heterocycles. The van der Waals surface area contributed by atoms with Gasteiger partial charge in [0, 0.05) is 5.02 Å². The lowest BCUT2D eigenvalue weighted by Gasteiger charge is -2.28. The smallest absolute Gasteiger partial charge is 0.162 e. The maximum Gasteiger partial charge on any atom is 0.162 e. The third-order valence-corrected chi connectivity index (χ3v) is 3.66. The third-order valence-electron chi connectivity index (χ3n) is 3.16. The highest BCUT2D eigenvalue weighted by Gasteiger charge is 2.23. The molecule has 1 heterocycles. The minimum absolute atomic E-state index is 0.145. The molecule has 20 heavy (non-hydrogen) atoms. The quantitative estimate of drug-likeness (QED) is 0.848. The van der Waals surface area contributed by atoms with Crippen molar-refractivity contribution in [2.75, 3.05) is 11.9 Å². The molecule has 0 fully saturated rings. The van der Waals surface area contributed by atoms with Gasteiger partial charge in [0.2, 0.25) is 0 Å². The largest absolute Gasteiger partial charge is 0.480 e. The number of hydrogen-bond donors (Lipinski definition) is 1. The highest BCUT2D eigenvalue weighted by atomic mass is 35.5. The summed E-state index contributed by atoms with van der Waals surface area (Å²) in [6.45, 7) is 0.621. The number of nitriles is 1. The number of ether oxygens (including phenoxy) is 1. The first-order valence-corrected chi connectivity index (χ1v) is 6.82. The fraction of sp³-hybridized carbons (Fsp3) is 0.133. The lowest BCUT2D eigenvalue weighted by Crippen LogP contribution is -2.23. The Kier molecular flexibility index (Phi) is 3.43. The van der Waals surface area contributed by atoms with E-state index in [2.05, 4.69) is 11.4 Å². The Labute approximate surface area is 126 Å². The zero-order valence-electron chi connectivity index (χ0n) is 10.4.